The number of hydrogen-bond donors (Lipinski definition) is 2. The number of rotatable bonds is 5. The summed E-state index contributed by atoms with van der Waals surface area (Å²) in [5.41, 5.74) is 2.52. The van der Waals surface area contributed by atoms with Crippen molar-refractivity contribution in [3.8, 4) is 0 Å². The fourth-order valence-electron chi connectivity index (χ4n) is 3.45. The van der Waals surface area contributed by atoms with E-state index >= 15 is 0 Å². The summed E-state index contributed by atoms with van der Waals surface area (Å²) >= 11 is 0. The number of fused-ring (bicyclic) bond motifs is 1. The molecule has 1 aliphatic heterocycles. The van der Waals surface area contributed by atoms with E-state index in [0.29, 0.717) is 24.8 Å². The van der Waals surface area contributed by atoms with Crippen molar-refractivity contribution in [1.29, 1.82) is 0 Å². The van der Waals surface area contributed by atoms with Crippen LogP contribution in [0.15, 0.2) is 18.2 Å². The van der Waals surface area contributed by atoms with Gasteiger partial charge in [0.15, 0.2) is 5.78 Å². The van der Waals surface area contributed by atoms with E-state index in [9.17, 15) is 9.59 Å². The Balaban J connectivity index is 1.41. The van der Waals surface area contributed by atoms with Crippen molar-refractivity contribution >= 4 is 17.5 Å². The van der Waals surface area contributed by atoms with E-state index in [4.69, 9.17) is 4.74 Å². The molecule has 1 atom stereocenters. The molecule has 0 spiro atoms. The predicted octanol–water partition coefficient (Wildman–Crippen LogP) is 3.68. The van der Waals surface area contributed by atoms with Crippen molar-refractivity contribution in [2.75, 3.05) is 18.5 Å². The zero-order chi connectivity index (χ0) is 16.8. The van der Waals surface area contributed by atoms with E-state index in [2.05, 4.69) is 10.6 Å². The number of benzene rings is 1. The summed E-state index contributed by atoms with van der Waals surface area (Å²) in [5, 5.41) is 5.69. The van der Waals surface area contributed by atoms with Gasteiger partial charge in [0.25, 0.3) is 0 Å². The van der Waals surface area contributed by atoms with E-state index in [1.54, 1.807) is 6.07 Å². The summed E-state index contributed by atoms with van der Waals surface area (Å²) in [6.07, 6.45) is 8.28. The number of ketones is 1. The Morgan fingerprint density at radius 1 is 1.21 bits per heavy atom. The van der Waals surface area contributed by atoms with Crippen LogP contribution in [0.2, 0.25) is 0 Å². The van der Waals surface area contributed by atoms with Crippen molar-refractivity contribution in [2.45, 2.75) is 57.5 Å². The highest BCUT2D eigenvalue weighted by Gasteiger charge is 2.17. The van der Waals surface area contributed by atoms with E-state index in [1.165, 1.54) is 12.8 Å². The number of amides is 2. The average Bonchev–Trinajstić information content (AvgIpc) is 2.60. The van der Waals surface area contributed by atoms with Crippen molar-refractivity contribution < 1.29 is 14.3 Å². The third kappa shape index (κ3) is 4.57. The lowest BCUT2D eigenvalue weighted by Gasteiger charge is -2.22. The van der Waals surface area contributed by atoms with Gasteiger partial charge in [-0.2, -0.15) is 0 Å². The van der Waals surface area contributed by atoms with Crippen molar-refractivity contribution in [2.24, 2.45) is 0 Å². The number of ether oxygens (including phenoxy) is 1. The molecule has 1 heterocycles. The summed E-state index contributed by atoms with van der Waals surface area (Å²) in [6.45, 7) is 1.51. The molecule has 1 fully saturated rings. The Hall–Kier alpha value is -1.88. The number of anilines is 1. The van der Waals surface area contributed by atoms with Crippen LogP contribution in [0.25, 0.3) is 0 Å². The van der Waals surface area contributed by atoms with E-state index in [1.807, 2.05) is 12.1 Å². The molecule has 1 saturated heterocycles. The SMILES string of the molecule is O=C(NCCCC1CCCCO1)Nc1ccc2c(c1)C(=O)CCC2. The summed E-state index contributed by atoms with van der Waals surface area (Å²) in [5.74, 6) is 0.174. The highest BCUT2D eigenvalue weighted by molar-refractivity contribution is 6.00. The second-order valence-corrected chi connectivity index (χ2v) is 6.66. The second-order valence-electron chi connectivity index (χ2n) is 6.66. The molecule has 1 aromatic carbocycles. The third-order valence-corrected chi connectivity index (χ3v) is 4.78. The molecular formula is C19H26N2O3. The number of carbonyl (C=O) groups excluding carboxylic acids is 2. The molecule has 2 N–H and O–H groups in total. The molecule has 0 saturated carbocycles. The van der Waals surface area contributed by atoms with Gasteiger partial charge < -0.3 is 15.4 Å². The molecule has 1 aromatic rings. The Bertz CT molecular complexity index is 594. The topological polar surface area (TPSA) is 67.4 Å². The number of Topliss-reactive ketones (excluding diaryl/α,β-unsaturated/α-hetero) is 1. The molecule has 24 heavy (non-hydrogen) atoms. The van der Waals surface area contributed by atoms with Crippen LogP contribution in [-0.4, -0.2) is 31.1 Å². The molecule has 0 radical (unpaired) electrons. The number of aryl methyl sites for hydroxylation is 1. The standard InChI is InChI=1S/C19H26N2O3/c22-18-8-3-5-14-9-10-15(13-17(14)18)21-19(23)20-11-4-7-16-6-1-2-12-24-16/h9-10,13,16H,1-8,11-12H2,(H2,20,21,23). The minimum atomic E-state index is -0.220. The van der Waals surface area contributed by atoms with Crippen molar-refractivity contribution in [3.05, 3.63) is 29.3 Å². The van der Waals surface area contributed by atoms with Gasteiger partial charge in [-0.15, -0.1) is 0 Å². The van der Waals surface area contributed by atoms with E-state index in [-0.39, 0.29) is 11.8 Å². The van der Waals surface area contributed by atoms with E-state index < -0.39 is 0 Å². The van der Waals surface area contributed by atoms with Gasteiger partial charge in [0, 0.05) is 30.8 Å². The summed E-state index contributed by atoms with van der Waals surface area (Å²) < 4.78 is 5.68. The van der Waals surface area contributed by atoms with E-state index in [0.717, 1.165) is 49.8 Å². The molecule has 2 amide bonds. The number of nitrogens with one attached hydrogen (secondary N) is 2. The molecule has 1 unspecified atom stereocenters. The van der Waals surface area contributed by atoms with Gasteiger partial charge in [-0.25, -0.2) is 4.79 Å². The lowest BCUT2D eigenvalue weighted by molar-refractivity contribution is 0.0103. The van der Waals surface area contributed by atoms with Crippen LogP contribution < -0.4 is 10.6 Å². The summed E-state index contributed by atoms with van der Waals surface area (Å²) in [7, 11) is 0. The molecule has 3 rings (SSSR count). The maximum absolute atomic E-state index is 12.0. The van der Waals surface area contributed by atoms with Crippen LogP contribution in [0.5, 0.6) is 0 Å². The molecule has 5 nitrogen and oxygen atoms in total. The van der Waals surface area contributed by atoms with Crippen LogP contribution in [-0.2, 0) is 11.2 Å². The Morgan fingerprint density at radius 2 is 2.12 bits per heavy atom. The maximum atomic E-state index is 12.0. The average molecular weight is 330 g/mol. The molecule has 0 aromatic heterocycles. The first kappa shape index (κ1) is 17.0. The molecule has 0 bridgehead atoms. The van der Waals surface area contributed by atoms with Crippen LogP contribution in [0.4, 0.5) is 10.5 Å². The summed E-state index contributed by atoms with van der Waals surface area (Å²) in [6, 6.07) is 5.39. The Labute approximate surface area is 143 Å². The highest BCUT2D eigenvalue weighted by atomic mass is 16.5. The highest BCUT2D eigenvalue weighted by Crippen LogP contribution is 2.24. The van der Waals surface area contributed by atoms with Gasteiger partial charge in [-0.3, -0.25) is 4.79 Å². The van der Waals surface area contributed by atoms with Crippen LogP contribution in [0.1, 0.15) is 60.9 Å². The first-order chi connectivity index (χ1) is 11.7. The third-order valence-electron chi connectivity index (χ3n) is 4.78. The normalized spacial score (nSPS) is 20.3. The van der Waals surface area contributed by atoms with Gasteiger partial charge in [-0.1, -0.05) is 6.07 Å². The molecule has 5 heteroatoms. The number of hydrogen-bond acceptors (Lipinski definition) is 3. The lowest BCUT2D eigenvalue weighted by Crippen LogP contribution is -2.30. The molecule has 130 valence electrons. The van der Waals surface area contributed by atoms with Crippen LogP contribution in [0, 0.1) is 0 Å². The van der Waals surface area contributed by atoms with Gasteiger partial charge in [-0.05, 0) is 62.6 Å². The quantitative estimate of drug-likeness (QED) is 0.809. The first-order valence-corrected chi connectivity index (χ1v) is 9.05. The van der Waals surface area contributed by atoms with Crippen molar-refractivity contribution in [1.82, 2.24) is 5.32 Å². The van der Waals surface area contributed by atoms with Crippen LogP contribution >= 0.6 is 0 Å². The van der Waals surface area contributed by atoms with Crippen molar-refractivity contribution in [3.63, 3.8) is 0 Å². The lowest BCUT2D eigenvalue weighted by atomic mass is 9.90. The molecular weight excluding hydrogens is 304 g/mol. The number of carbonyl (C=O) groups is 2. The largest absolute Gasteiger partial charge is 0.378 e. The van der Waals surface area contributed by atoms with Crippen LogP contribution in [0.3, 0.4) is 0 Å². The van der Waals surface area contributed by atoms with Gasteiger partial charge in [0.05, 0.1) is 6.10 Å². The first-order valence-electron chi connectivity index (χ1n) is 9.05. The zero-order valence-corrected chi connectivity index (χ0v) is 14.1. The van der Waals surface area contributed by atoms with Gasteiger partial charge in [0.1, 0.15) is 0 Å². The van der Waals surface area contributed by atoms with Gasteiger partial charge in [0.2, 0.25) is 0 Å². The fraction of sp³-hybridized carbons (Fsp3) is 0.579. The maximum Gasteiger partial charge on any atom is 0.319 e. The Morgan fingerprint density at radius 3 is 2.96 bits per heavy atom. The second kappa shape index (κ2) is 8.29. The summed E-state index contributed by atoms with van der Waals surface area (Å²) in [4.78, 5) is 23.9. The number of urea groups is 1. The molecule has 2 aliphatic rings. The smallest absolute Gasteiger partial charge is 0.319 e. The predicted molar refractivity (Wildman–Crippen MR) is 93.6 cm³/mol. The van der Waals surface area contributed by atoms with Gasteiger partial charge >= 0.3 is 6.03 Å². The monoisotopic (exact) mass is 330 g/mol. The minimum absolute atomic E-state index is 0.174. The zero-order valence-electron chi connectivity index (χ0n) is 14.1. The fourth-order valence-corrected chi connectivity index (χ4v) is 3.45. The molecule has 1 aliphatic carbocycles. The minimum Gasteiger partial charge on any atom is -0.378 e. The Kier molecular flexibility index (Phi) is 5.86.